The molecular weight excluding hydrogens is 236 g/mol. The van der Waals surface area contributed by atoms with Gasteiger partial charge >= 0.3 is 0 Å². The van der Waals surface area contributed by atoms with E-state index < -0.39 is 0 Å². The minimum absolute atomic E-state index is 0.0315. The fourth-order valence-electron chi connectivity index (χ4n) is 2.95. The lowest BCUT2D eigenvalue weighted by molar-refractivity contribution is -0.114. The first-order valence-electron chi connectivity index (χ1n) is 7.09. The standard InChI is InChI=1S/C16H24N2O/c1-12(19)17-13-6-4-7-14(10-13)18-15-8-5-9-16(2,3)11-15/h4,6-7,10,15,18H,5,8-9,11H2,1-3H3,(H,17,19). The van der Waals surface area contributed by atoms with Crippen molar-refractivity contribution in [3.8, 4) is 0 Å². The summed E-state index contributed by atoms with van der Waals surface area (Å²) < 4.78 is 0. The second-order valence-electron chi connectivity index (χ2n) is 6.36. The van der Waals surface area contributed by atoms with Gasteiger partial charge in [-0.1, -0.05) is 26.3 Å². The second-order valence-corrected chi connectivity index (χ2v) is 6.36. The molecular formula is C16H24N2O. The van der Waals surface area contributed by atoms with Crippen LogP contribution in [0.3, 0.4) is 0 Å². The molecule has 0 heterocycles. The van der Waals surface area contributed by atoms with Gasteiger partial charge in [0.15, 0.2) is 0 Å². The van der Waals surface area contributed by atoms with Gasteiger partial charge in [-0.2, -0.15) is 0 Å². The molecule has 3 nitrogen and oxygen atoms in total. The van der Waals surface area contributed by atoms with E-state index in [2.05, 4.69) is 30.5 Å². The lowest BCUT2D eigenvalue weighted by Gasteiger charge is -2.36. The summed E-state index contributed by atoms with van der Waals surface area (Å²) >= 11 is 0. The van der Waals surface area contributed by atoms with Crippen LogP contribution in [0.1, 0.15) is 46.5 Å². The van der Waals surface area contributed by atoms with E-state index in [0.29, 0.717) is 11.5 Å². The molecule has 0 radical (unpaired) electrons. The van der Waals surface area contributed by atoms with Crippen LogP contribution in [0.25, 0.3) is 0 Å². The van der Waals surface area contributed by atoms with Crippen molar-refractivity contribution in [2.45, 2.75) is 52.5 Å². The van der Waals surface area contributed by atoms with Crippen LogP contribution in [0, 0.1) is 5.41 Å². The fraction of sp³-hybridized carbons (Fsp3) is 0.562. The molecule has 1 aliphatic rings. The zero-order chi connectivity index (χ0) is 13.9. The Morgan fingerprint density at radius 2 is 2.05 bits per heavy atom. The van der Waals surface area contributed by atoms with Gasteiger partial charge in [0.05, 0.1) is 0 Å². The smallest absolute Gasteiger partial charge is 0.221 e. The van der Waals surface area contributed by atoms with Gasteiger partial charge in [-0.25, -0.2) is 0 Å². The first kappa shape index (κ1) is 13.9. The second kappa shape index (κ2) is 5.64. The van der Waals surface area contributed by atoms with Crippen molar-refractivity contribution in [2.75, 3.05) is 10.6 Å². The molecule has 1 aliphatic carbocycles. The summed E-state index contributed by atoms with van der Waals surface area (Å²) in [5.41, 5.74) is 2.38. The molecule has 2 N–H and O–H groups in total. The van der Waals surface area contributed by atoms with E-state index in [9.17, 15) is 4.79 Å². The molecule has 1 atom stereocenters. The van der Waals surface area contributed by atoms with Crippen LogP contribution in [0.5, 0.6) is 0 Å². The Morgan fingerprint density at radius 3 is 2.74 bits per heavy atom. The fourth-order valence-corrected chi connectivity index (χ4v) is 2.95. The first-order valence-corrected chi connectivity index (χ1v) is 7.09. The minimum Gasteiger partial charge on any atom is -0.382 e. The molecule has 19 heavy (non-hydrogen) atoms. The Labute approximate surface area is 115 Å². The molecule has 1 aromatic carbocycles. The number of anilines is 2. The summed E-state index contributed by atoms with van der Waals surface area (Å²) in [6.07, 6.45) is 5.04. The van der Waals surface area contributed by atoms with Gasteiger partial charge in [-0.05, 0) is 42.9 Å². The summed E-state index contributed by atoms with van der Waals surface area (Å²) in [6.45, 7) is 6.22. The highest BCUT2D eigenvalue weighted by atomic mass is 16.1. The number of rotatable bonds is 3. The van der Waals surface area contributed by atoms with Crippen LogP contribution in [-0.4, -0.2) is 11.9 Å². The normalized spacial score (nSPS) is 21.7. The maximum atomic E-state index is 11.1. The molecule has 3 heteroatoms. The topological polar surface area (TPSA) is 41.1 Å². The van der Waals surface area contributed by atoms with Crippen LogP contribution < -0.4 is 10.6 Å². The average Bonchev–Trinajstić information content (AvgIpc) is 2.26. The van der Waals surface area contributed by atoms with Crippen LogP contribution in [-0.2, 0) is 4.79 Å². The molecule has 1 aromatic rings. The molecule has 0 aliphatic heterocycles. The average molecular weight is 260 g/mol. The Morgan fingerprint density at radius 1 is 1.32 bits per heavy atom. The van der Waals surface area contributed by atoms with Crippen LogP contribution in [0.15, 0.2) is 24.3 Å². The largest absolute Gasteiger partial charge is 0.382 e. The third kappa shape index (κ3) is 4.27. The van der Waals surface area contributed by atoms with Gasteiger partial charge in [0.2, 0.25) is 5.91 Å². The minimum atomic E-state index is -0.0315. The third-order valence-electron chi connectivity index (χ3n) is 3.76. The van der Waals surface area contributed by atoms with E-state index in [1.54, 1.807) is 0 Å². The summed E-state index contributed by atoms with van der Waals surface area (Å²) in [5.74, 6) is -0.0315. The van der Waals surface area contributed by atoms with Gasteiger partial charge in [0.1, 0.15) is 0 Å². The summed E-state index contributed by atoms with van der Waals surface area (Å²) in [6, 6.07) is 8.49. The van der Waals surface area contributed by atoms with Gasteiger partial charge < -0.3 is 10.6 Å². The molecule has 104 valence electrons. The van der Waals surface area contributed by atoms with Crippen molar-refractivity contribution >= 4 is 17.3 Å². The molecule has 0 aromatic heterocycles. The summed E-state index contributed by atoms with van der Waals surface area (Å²) in [7, 11) is 0. The number of carbonyl (C=O) groups excluding carboxylic acids is 1. The zero-order valence-corrected chi connectivity index (χ0v) is 12.1. The highest BCUT2D eigenvalue weighted by molar-refractivity contribution is 5.89. The lowest BCUT2D eigenvalue weighted by atomic mass is 9.75. The summed E-state index contributed by atoms with van der Waals surface area (Å²) in [4.78, 5) is 11.1. The SMILES string of the molecule is CC(=O)Nc1cccc(NC2CCCC(C)(C)C2)c1. The van der Waals surface area contributed by atoms with E-state index in [4.69, 9.17) is 0 Å². The predicted molar refractivity (Wildman–Crippen MR) is 80.4 cm³/mol. The zero-order valence-electron chi connectivity index (χ0n) is 12.1. The maximum absolute atomic E-state index is 11.1. The molecule has 1 unspecified atom stereocenters. The third-order valence-corrected chi connectivity index (χ3v) is 3.76. The van der Waals surface area contributed by atoms with Crippen molar-refractivity contribution in [1.29, 1.82) is 0 Å². The summed E-state index contributed by atoms with van der Waals surface area (Å²) in [5, 5.41) is 6.42. The van der Waals surface area contributed by atoms with E-state index >= 15 is 0 Å². The number of carbonyl (C=O) groups is 1. The number of hydrogen-bond acceptors (Lipinski definition) is 2. The molecule has 1 amide bonds. The molecule has 2 rings (SSSR count). The molecule has 0 bridgehead atoms. The van der Waals surface area contributed by atoms with E-state index in [-0.39, 0.29) is 5.91 Å². The predicted octanol–water partition coefficient (Wildman–Crippen LogP) is 4.03. The van der Waals surface area contributed by atoms with Crippen molar-refractivity contribution in [2.24, 2.45) is 5.41 Å². The van der Waals surface area contributed by atoms with E-state index in [1.807, 2.05) is 18.2 Å². The van der Waals surface area contributed by atoms with Crippen molar-refractivity contribution in [3.05, 3.63) is 24.3 Å². The van der Waals surface area contributed by atoms with E-state index in [0.717, 1.165) is 11.4 Å². The van der Waals surface area contributed by atoms with Gasteiger partial charge in [0.25, 0.3) is 0 Å². The van der Waals surface area contributed by atoms with Crippen molar-refractivity contribution in [1.82, 2.24) is 0 Å². The van der Waals surface area contributed by atoms with E-state index in [1.165, 1.54) is 32.6 Å². The molecule has 1 saturated carbocycles. The van der Waals surface area contributed by atoms with Crippen LogP contribution in [0.2, 0.25) is 0 Å². The Bertz CT molecular complexity index is 454. The van der Waals surface area contributed by atoms with Gasteiger partial charge in [-0.15, -0.1) is 0 Å². The first-order chi connectivity index (χ1) is 8.94. The number of benzene rings is 1. The monoisotopic (exact) mass is 260 g/mol. The number of hydrogen-bond donors (Lipinski definition) is 2. The Kier molecular flexibility index (Phi) is 4.13. The Balaban J connectivity index is 2.00. The van der Waals surface area contributed by atoms with Crippen LogP contribution >= 0.6 is 0 Å². The molecule has 0 spiro atoms. The maximum Gasteiger partial charge on any atom is 0.221 e. The van der Waals surface area contributed by atoms with Crippen LogP contribution in [0.4, 0.5) is 11.4 Å². The number of nitrogens with one attached hydrogen (secondary N) is 2. The van der Waals surface area contributed by atoms with Crippen molar-refractivity contribution in [3.63, 3.8) is 0 Å². The van der Waals surface area contributed by atoms with Gasteiger partial charge in [0, 0.05) is 24.3 Å². The lowest BCUT2D eigenvalue weighted by Crippen LogP contribution is -2.31. The Hall–Kier alpha value is -1.51. The number of amides is 1. The highest BCUT2D eigenvalue weighted by Gasteiger charge is 2.27. The quantitative estimate of drug-likeness (QED) is 0.861. The molecule has 1 fully saturated rings. The highest BCUT2D eigenvalue weighted by Crippen LogP contribution is 2.36. The van der Waals surface area contributed by atoms with Gasteiger partial charge in [-0.3, -0.25) is 4.79 Å². The molecule has 0 saturated heterocycles. The van der Waals surface area contributed by atoms with Crippen molar-refractivity contribution < 1.29 is 4.79 Å².